The van der Waals surface area contributed by atoms with E-state index in [1.165, 1.54) is 53.8 Å². The zero-order valence-corrected chi connectivity index (χ0v) is 18.7. The minimum atomic E-state index is -4.03. The first-order chi connectivity index (χ1) is 14.8. The van der Waals surface area contributed by atoms with E-state index in [-0.39, 0.29) is 10.6 Å². The number of nitrogens with zero attached hydrogens (tertiary/aromatic N) is 2. The number of methoxy groups -OCH3 is 4. The summed E-state index contributed by atoms with van der Waals surface area (Å²) < 4.78 is 47.4. The molecule has 0 heterocycles. The van der Waals surface area contributed by atoms with Crippen molar-refractivity contribution in [3.63, 3.8) is 0 Å². The average molecular weight is 452 g/mol. The van der Waals surface area contributed by atoms with Gasteiger partial charge in [-0.05, 0) is 24.3 Å². The van der Waals surface area contributed by atoms with Crippen molar-refractivity contribution in [3.8, 4) is 23.0 Å². The van der Waals surface area contributed by atoms with Crippen LogP contribution in [0.25, 0.3) is 0 Å². The molecular formula is C20H25N3O7S. The summed E-state index contributed by atoms with van der Waals surface area (Å²) in [4.78, 5) is 12.1. The molecule has 31 heavy (non-hydrogen) atoms. The van der Waals surface area contributed by atoms with Crippen LogP contribution < -0.4 is 24.4 Å². The lowest BCUT2D eigenvalue weighted by molar-refractivity contribution is -0.121. The van der Waals surface area contributed by atoms with E-state index in [1.54, 1.807) is 24.3 Å². The van der Waals surface area contributed by atoms with Crippen LogP contribution in [0.1, 0.15) is 5.56 Å². The summed E-state index contributed by atoms with van der Waals surface area (Å²) in [5.41, 5.74) is 2.87. The first-order valence-corrected chi connectivity index (χ1v) is 10.4. The summed E-state index contributed by atoms with van der Waals surface area (Å²) in [5.74, 6) is 0.806. The van der Waals surface area contributed by atoms with Crippen molar-refractivity contribution in [1.82, 2.24) is 9.73 Å². The SMILES string of the molecule is COc1ccc(OC)c(S(=O)(=O)N(C)CC(=O)NN=Cc2cccc(OC)c2OC)c1. The molecule has 11 heteroatoms. The molecule has 0 saturated heterocycles. The zero-order valence-electron chi connectivity index (χ0n) is 17.9. The van der Waals surface area contributed by atoms with Crippen LogP contribution in [0.3, 0.4) is 0 Å². The van der Waals surface area contributed by atoms with Crippen LogP contribution in [0, 0.1) is 0 Å². The van der Waals surface area contributed by atoms with Gasteiger partial charge in [0, 0.05) is 18.7 Å². The molecule has 0 radical (unpaired) electrons. The maximum Gasteiger partial charge on any atom is 0.255 e. The van der Waals surface area contributed by atoms with Crippen LogP contribution in [-0.2, 0) is 14.8 Å². The van der Waals surface area contributed by atoms with Crippen LogP contribution in [0.15, 0.2) is 46.4 Å². The standard InChI is InChI=1S/C20H25N3O7S/c1-23(31(25,26)18-11-15(27-2)9-10-16(18)28-3)13-19(24)22-21-12-14-7-6-8-17(29-4)20(14)30-5/h6-12H,13H2,1-5H3,(H,22,24). The molecule has 0 bridgehead atoms. The topological polar surface area (TPSA) is 116 Å². The van der Waals surface area contributed by atoms with Crippen molar-refractivity contribution in [2.45, 2.75) is 4.90 Å². The van der Waals surface area contributed by atoms with E-state index < -0.39 is 22.5 Å². The Morgan fingerprint density at radius 3 is 2.35 bits per heavy atom. The smallest absolute Gasteiger partial charge is 0.255 e. The molecule has 0 unspecified atom stereocenters. The Morgan fingerprint density at radius 2 is 1.74 bits per heavy atom. The number of hydrogen-bond acceptors (Lipinski definition) is 8. The van der Waals surface area contributed by atoms with Crippen molar-refractivity contribution in [2.75, 3.05) is 42.0 Å². The van der Waals surface area contributed by atoms with E-state index in [2.05, 4.69) is 10.5 Å². The summed E-state index contributed by atoms with van der Waals surface area (Å²) in [6.45, 7) is -0.463. The van der Waals surface area contributed by atoms with Gasteiger partial charge in [0.1, 0.15) is 16.4 Å². The molecule has 1 N–H and O–H groups in total. The Bertz CT molecular complexity index is 1050. The number of hydrazone groups is 1. The fourth-order valence-corrected chi connectivity index (χ4v) is 3.96. The molecule has 0 aromatic heterocycles. The van der Waals surface area contributed by atoms with E-state index in [9.17, 15) is 13.2 Å². The molecule has 0 aliphatic carbocycles. The summed E-state index contributed by atoms with van der Waals surface area (Å²) >= 11 is 0. The van der Waals surface area contributed by atoms with Gasteiger partial charge in [-0.15, -0.1) is 0 Å². The molecule has 0 aliphatic heterocycles. The molecule has 0 saturated carbocycles. The largest absolute Gasteiger partial charge is 0.497 e. The van der Waals surface area contributed by atoms with E-state index >= 15 is 0 Å². The second-order valence-electron chi connectivity index (χ2n) is 6.15. The number of para-hydroxylation sites is 1. The molecule has 168 valence electrons. The fraction of sp³-hybridized carbons (Fsp3) is 0.300. The Labute approximate surface area is 181 Å². The number of ether oxygens (including phenoxy) is 4. The summed E-state index contributed by atoms with van der Waals surface area (Å²) in [5, 5.41) is 3.87. The number of likely N-dealkylation sites (N-methyl/N-ethyl adjacent to an activating group) is 1. The first kappa shape index (κ1) is 24.0. The molecular weight excluding hydrogens is 426 g/mol. The highest BCUT2D eigenvalue weighted by atomic mass is 32.2. The molecule has 2 aromatic rings. The number of carbonyl (C=O) groups excluding carboxylic acids is 1. The predicted octanol–water partition coefficient (Wildman–Crippen LogP) is 1.49. The number of rotatable bonds is 10. The van der Waals surface area contributed by atoms with Gasteiger partial charge in [-0.25, -0.2) is 13.8 Å². The van der Waals surface area contributed by atoms with E-state index in [0.29, 0.717) is 22.8 Å². The molecule has 10 nitrogen and oxygen atoms in total. The van der Waals surface area contributed by atoms with Crippen molar-refractivity contribution in [1.29, 1.82) is 0 Å². The Kier molecular flexibility index (Phi) is 8.22. The van der Waals surface area contributed by atoms with Crippen molar-refractivity contribution >= 4 is 22.1 Å². The lowest BCUT2D eigenvalue weighted by Gasteiger charge is -2.18. The average Bonchev–Trinajstić information content (AvgIpc) is 2.78. The second-order valence-corrected chi connectivity index (χ2v) is 8.17. The quantitative estimate of drug-likeness (QED) is 0.430. The lowest BCUT2D eigenvalue weighted by Crippen LogP contribution is -2.36. The zero-order chi connectivity index (χ0) is 23.0. The van der Waals surface area contributed by atoms with Gasteiger partial charge in [0.15, 0.2) is 11.5 Å². The normalized spacial score (nSPS) is 11.4. The van der Waals surface area contributed by atoms with Gasteiger partial charge in [0.05, 0.1) is 41.2 Å². The molecule has 2 aromatic carbocycles. The van der Waals surface area contributed by atoms with Gasteiger partial charge in [-0.1, -0.05) is 6.07 Å². The third kappa shape index (κ3) is 5.64. The number of carbonyl (C=O) groups is 1. The second kappa shape index (κ2) is 10.6. The van der Waals surface area contributed by atoms with Crippen molar-refractivity contribution in [3.05, 3.63) is 42.0 Å². The number of benzene rings is 2. The van der Waals surface area contributed by atoms with Crippen LogP contribution >= 0.6 is 0 Å². The molecule has 2 rings (SSSR count). The van der Waals surface area contributed by atoms with Gasteiger partial charge >= 0.3 is 0 Å². The van der Waals surface area contributed by atoms with Gasteiger partial charge in [-0.2, -0.15) is 9.41 Å². The maximum absolute atomic E-state index is 12.9. The number of hydrogen-bond donors (Lipinski definition) is 1. The number of amides is 1. The summed E-state index contributed by atoms with van der Waals surface area (Å²) in [7, 11) is 3.03. The van der Waals surface area contributed by atoms with Crippen LogP contribution in [-0.4, -0.2) is 66.9 Å². The van der Waals surface area contributed by atoms with Crippen LogP contribution in [0.4, 0.5) is 0 Å². The molecule has 0 spiro atoms. The maximum atomic E-state index is 12.9. The van der Waals surface area contributed by atoms with Crippen molar-refractivity contribution < 1.29 is 32.2 Å². The highest BCUT2D eigenvalue weighted by molar-refractivity contribution is 7.89. The molecule has 0 fully saturated rings. The van der Waals surface area contributed by atoms with E-state index in [0.717, 1.165) is 4.31 Å². The van der Waals surface area contributed by atoms with Crippen LogP contribution in [0.2, 0.25) is 0 Å². The Morgan fingerprint density at radius 1 is 1.03 bits per heavy atom. The lowest BCUT2D eigenvalue weighted by atomic mass is 10.2. The summed E-state index contributed by atoms with van der Waals surface area (Å²) in [6.07, 6.45) is 1.37. The summed E-state index contributed by atoms with van der Waals surface area (Å²) in [6, 6.07) is 9.57. The molecule has 1 amide bonds. The first-order valence-electron chi connectivity index (χ1n) is 8.99. The molecule has 0 atom stereocenters. The minimum Gasteiger partial charge on any atom is -0.497 e. The number of sulfonamides is 1. The van der Waals surface area contributed by atoms with Gasteiger partial charge in [-0.3, -0.25) is 4.79 Å². The highest BCUT2D eigenvalue weighted by Gasteiger charge is 2.27. The fourth-order valence-electron chi connectivity index (χ4n) is 2.66. The monoisotopic (exact) mass is 451 g/mol. The Balaban J connectivity index is 2.12. The minimum absolute atomic E-state index is 0.116. The van der Waals surface area contributed by atoms with Gasteiger partial charge in [0.2, 0.25) is 10.0 Å². The Hall–Kier alpha value is -3.31. The third-order valence-corrected chi connectivity index (χ3v) is 6.08. The molecule has 0 aliphatic rings. The highest BCUT2D eigenvalue weighted by Crippen LogP contribution is 2.30. The predicted molar refractivity (Wildman–Crippen MR) is 115 cm³/mol. The van der Waals surface area contributed by atoms with Crippen molar-refractivity contribution in [2.24, 2.45) is 5.10 Å². The van der Waals surface area contributed by atoms with E-state index in [1.807, 2.05) is 0 Å². The number of nitrogens with one attached hydrogen (secondary N) is 1. The van der Waals surface area contributed by atoms with Gasteiger partial charge in [0.25, 0.3) is 5.91 Å². The van der Waals surface area contributed by atoms with Crippen LogP contribution in [0.5, 0.6) is 23.0 Å². The van der Waals surface area contributed by atoms with Gasteiger partial charge < -0.3 is 18.9 Å². The third-order valence-electron chi connectivity index (χ3n) is 4.25. The van der Waals surface area contributed by atoms with E-state index in [4.69, 9.17) is 18.9 Å².